The van der Waals surface area contributed by atoms with Gasteiger partial charge in [0, 0.05) is 6.54 Å². The number of alkyl carbamates (subject to hydrolysis) is 1. The highest BCUT2D eigenvalue weighted by Gasteiger charge is 2.16. The van der Waals surface area contributed by atoms with Crippen molar-refractivity contribution >= 4 is 25.3 Å². The first-order valence-electron chi connectivity index (χ1n) is 7.34. The molecule has 0 bridgehead atoms. The Morgan fingerprint density at radius 3 is 2.59 bits per heavy atom. The van der Waals surface area contributed by atoms with Crippen molar-refractivity contribution in [1.82, 2.24) is 10.6 Å². The molecule has 0 atom stereocenters. The third-order valence-electron chi connectivity index (χ3n) is 2.71. The van der Waals surface area contributed by atoms with Gasteiger partial charge in [-0.05, 0) is 39.2 Å². The van der Waals surface area contributed by atoms with Crippen molar-refractivity contribution in [2.45, 2.75) is 39.2 Å². The minimum Gasteiger partial charge on any atom is -0.444 e. The van der Waals surface area contributed by atoms with Crippen LogP contribution in [0.15, 0.2) is 24.3 Å². The van der Waals surface area contributed by atoms with Crippen molar-refractivity contribution in [1.29, 1.82) is 0 Å². The molecule has 0 aliphatic heterocycles. The van der Waals surface area contributed by atoms with Gasteiger partial charge in [0.2, 0.25) is 5.91 Å². The molecule has 0 heterocycles. The number of benzene rings is 1. The zero-order valence-corrected chi connectivity index (χ0v) is 13.4. The minimum absolute atomic E-state index is 0.0901. The van der Waals surface area contributed by atoms with Crippen LogP contribution in [0, 0.1) is 0 Å². The van der Waals surface area contributed by atoms with Crippen molar-refractivity contribution < 1.29 is 14.3 Å². The van der Waals surface area contributed by atoms with Crippen LogP contribution in [0.3, 0.4) is 0 Å². The highest BCUT2D eigenvalue weighted by Crippen LogP contribution is 2.06. The second-order valence-electron chi connectivity index (χ2n) is 6.05. The van der Waals surface area contributed by atoms with Crippen molar-refractivity contribution in [2.24, 2.45) is 0 Å². The standard InChI is InChI=1S/C16H23BN2O3/c1-16(2,3)22-15(21)19-11-14(20)18-9-5-7-12-6-4-8-13(17)10-12/h4,6,8,10H,5,7,9,11H2,1-3H3,(H,18,20)(H,19,21). The van der Waals surface area contributed by atoms with Gasteiger partial charge in [-0.2, -0.15) is 0 Å². The second kappa shape index (κ2) is 8.46. The van der Waals surface area contributed by atoms with Crippen LogP contribution in [0.1, 0.15) is 32.8 Å². The molecule has 0 aromatic heterocycles. The molecule has 0 spiro atoms. The van der Waals surface area contributed by atoms with E-state index in [1.165, 1.54) is 0 Å². The summed E-state index contributed by atoms with van der Waals surface area (Å²) >= 11 is 0. The Labute approximate surface area is 133 Å². The average molecular weight is 302 g/mol. The number of nitrogens with one attached hydrogen (secondary N) is 2. The Morgan fingerprint density at radius 2 is 1.95 bits per heavy atom. The van der Waals surface area contributed by atoms with Crippen LogP contribution in [0.4, 0.5) is 4.79 Å². The summed E-state index contributed by atoms with van der Waals surface area (Å²) in [7, 11) is 5.70. The van der Waals surface area contributed by atoms with E-state index in [0.717, 1.165) is 23.9 Å². The summed E-state index contributed by atoms with van der Waals surface area (Å²) in [6.45, 7) is 5.76. The summed E-state index contributed by atoms with van der Waals surface area (Å²) in [6.07, 6.45) is 1.05. The Bertz CT molecular complexity index is 512. The van der Waals surface area contributed by atoms with E-state index in [-0.39, 0.29) is 12.5 Å². The summed E-state index contributed by atoms with van der Waals surface area (Å²) in [6, 6.07) is 7.68. The fraction of sp³-hybridized carbons (Fsp3) is 0.500. The van der Waals surface area contributed by atoms with Crippen LogP contribution in [0.25, 0.3) is 0 Å². The lowest BCUT2D eigenvalue weighted by atomic mass is 9.93. The van der Waals surface area contributed by atoms with Crippen LogP contribution < -0.4 is 16.1 Å². The van der Waals surface area contributed by atoms with E-state index < -0.39 is 11.7 Å². The SMILES string of the molecule is [B]c1cccc(CCCNC(=O)CNC(=O)OC(C)(C)C)c1. The van der Waals surface area contributed by atoms with Gasteiger partial charge >= 0.3 is 6.09 Å². The molecule has 0 saturated heterocycles. The average Bonchev–Trinajstić information content (AvgIpc) is 2.39. The molecular formula is C16H23BN2O3. The third kappa shape index (κ3) is 8.34. The van der Waals surface area contributed by atoms with Gasteiger partial charge < -0.3 is 15.4 Å². The van der Waals surface area contributed by atoms with E-state index >= 15 is 0 Å². The maximum absolute atomic E-state index is 11.6. The Kier molecular flexibility index (Phi) is 6.95. The number of ether oxygens (including phenoxy) is 1. The summed E-state index contributed by atoms with van der Waals surface area (Å²) in [5, 5.41) is 5.16. The van der Waals surface area contributed by atoms with Crippen LogP contribution in [-0.4, -0.2) is 38.5 Å². The lowest BCUT2D eigenvalue weighted by Crippen LogP contribution is -2.40. The van der Waals surface area contributed by atoms with Gasteiger partial charge in [-0.3, -0.25) is 4.79 Å². The van der Waals surface area contributed by atoms with Crippen molar-refractivity contribution in [3.63, 3.8) is 0 Å². The number of carbonyl (C=O) groups excluding carboxylic acids is 2. The fourth-order valence-electron chi connectivity index (χ4n) is 1.80. The normalized spacial score (nSPS) is 10.9. The van der Waals surface area contributed by atoms with Gasteiger partial charge in [-0.1, -0.05) is 29.7 Å². The second-order valence-corrected chi connectivity index (χ2v) is 6.05. The van der Waals surface area contributed by atoms with E-state index in [9.17, 15) is 9.59 Å². The van der Waals surface area contributed by atoms with Gasteiger partial charge in [0.1, 0.15) is 13.4 Å². The number of rotatable bonds is 6. The summed E-state index contributed by atoms with van der Waals surface area (Å²) in [5.41, 5.74) is 1.31. The summed E-state index contributed by atoms with van der Waals surface area (Å²) in [5.74, 6) is -0.238. The maximum Gasteiger partial charge on any atom is 0.408 e. The van der Waals surface area contributed by atoms with E-state index in [4.69, 9.17) is 12.6 Å². The van der Waals surface area contributed by atoms with Crippen LogP contribution in [-0.2, 0) is 16.0 Å². The molecule has 2 N–H and O–H groups in total. The Morgan fingerprint density at radius 1 is 1.23 bits per heavy atom. The van der Waals surface area contributed by atoms with Gasteiger partial charge in [0.05, 0.1) is 6.54 Å². The van der Waals surface area contributed by atoms with Crippen LogP contribution in [0.2, 0.25) is 0 Å². The van der Waals surface area contributed by atoms with Crippen molar-refractivity contribution in [3.05, 3.63) is 29.8 Å². The summed E-state index contributed by atoms with van der Waals surface area (Å²) < 4.78 is 5.04. The molecule has 22 heavy (non-hydrogen) atoms. The molecule has 6 heteroatoms. The fourth-order valence-corrected chi connectivity index (χ4v) is 1.80. The Balaban J connectivity index is 2.15. The van der Waals surface area contributed by atoms with Crippen LogP contribution in [0.5, 0.6) is 0 Å². The molecule has 0 aliphatic carbocycles. The van der Waals surface area contributed by atoms with Gasteiger partial charge in [0.25, 0.3) is 0 Å². The molecule has 1 aromatic carbocycles. The number of aryl methyl sites for hydroxylation is 1. The quantitative estimate of drug-likeness (QED) is 0.610. The number of amides is 2. The third-order valence-corrected chi connectivity index (χ3v) is 2.71. The van der Waals surface area contributed by atoms with Gasteiger partial charge in [-0.25, -0.2) is 4.79 Å². The van der Waals surface area contributed by atoms with Gasteiger partial charge in [-0.15, -0.1) is 0 Å². The number of hydrogen-bond acceptors (Lipinski definition) is 3. The molecule has 0 unspecified atom stereocenters. The number of carbonyl (C=O) groups is 2. The van der Waals surface area contributed by atoms with Gasteiger partial charge in [0.15, 0.2) is 0 Å². The van der Waals surface area contributed by atoms with E-state index in [0.29, 0.717) is 6.54 Å². The lowest BCUT2D eigenvalue weighted by molar-refractivity contribution is -0.120. The molecule has 1 rings (SSSR count). The zero-order chi connectivity index (χ0) is 16.6. The predicted octanol–water partition coefficient (Wildman–Crippen LogP) is 1.05. The van der Waals surface area contributed by atoms with E-state index in [1.807, 2.05) is 24.3 Å². The van der Waals surface area contributed by atoms with Crippen LogP contribution >= 0.6 is 0 Å². The lowest BCUT2D eigenvalue weighted by Gasteiger charge is -2.19. The zero-order valence-electron chi connectivity index (χ0n) is 13.4. The first kappa shape index (κ1) is 18.1. The molecule has 2 radical (unpaired) electrons. The number of hydrogen-bond donors (Lipinski definition) is 2. The molecule has 1 aromatic rings. The smallest absolute Gasteiger partial charge is 0.408 e. The van der Waals surface area contributed by atoms with Crippen molar-refractivity contribution in [3.8, 4) is 0 Å². The Hall–Kier alpha value is -1.98. The molecule has 2 amide bonds. The predicted molar refractivity (Wildman–Crippen MR) is 87.4 cm³/mol. The topological polar surface area (TPSA) is 67.4 Å². The minimum atomic E-state index is -0.595. The molecule has 0 aliphatic rings. The summed E-state index contributed by atoms with van der Waals surface area (Å²) in [4.78, 5) is 23.0. The molecule has 5 nitrogen and oxygen atoms in total. The first-order valence-corrected chi connectivity index (χ1v) is 7.34. The molecule has 118 valence electrons. The largest absolute Gasteiger partial charge is 0.444 e. The molecule has 0 fully saturated rings. The maximum atomic E-state index is 11.6. The van der Waals surface area contributed by atoms with E-state index in [1.54, 1.807) is 20.8 Å². The monoisotopic (exact) mass is 302 g/mol. The highest BCUT2D eigenvalue weighted by molar-refractivity contribution is 6.32. The highest BCUT2D eigenvalue weighted by atomic mass is 16.6. The van der Waals surface area contributed by atoms with E-state index in [2.05, 4.69) is 10.6 Å². The molecule has 0 saturated carbocycles. The first-order chi connectivity index (χ1) is 10.3. The molecular weight excluding hydrogens is 279 g/mol. The van der Waals surface area contributed by atoms with Crippen molar-refractivity contribution in [2.75, 3.05) is 13.1 Å².